The van der Waals surface area contributed by atoms with E-state index in [1.165, 1.54) is 4.31 Å². The van der Waals surface area contributed by atoms with Crippen molar-refractivity contribution < 1.29 is 13.2 Å². The Bertz CT molecular complexity index is 531. The van der Waals surface area contributed by atoms with Crippen LogP contribution in [0.5, 0.6) is 0 Å². The van der Waals surface area contributed by atoms with Crippen molar-refractivity contribution in [3.8, 4) is 0 Å². The molecule has 0 atom stereocenters. The Kier molecular flexibility index (Phi) is 8.47. The highest BCUT2D eigenvalue weighted by molar-refractivity contribution is 7.89. The SMILES string of the molecule is CCNC(=NCCN1CCCS1(=O)=O)N(C)CC(=O)N(CC)CC. The Morgan fingerprint density at radius 2 is 1.92 bits per heavy atom. The van der Waals surface area contributed by atoms with Gasteiger partial charge in [0, 0.05) is 39.8 Å². The van der Waals surface area contributed by atoms with Crippen molar-refractivity contribution in [2.24, 2.45) is 4.99 Å². The molecule has 1 N–H and O–H groups in total. The van der Waals surface area contributed by atoms with Gasteiger partial charge in [0.05, 0.1) is 18.8 Å². The number of sulfonamides is 1. The standard InChI is InChI=1S/C15H31N5O3S/c1-5-16-15(18(4)13-14(21)19(6-2)7-3)17-9-11-20-10-8-12-24(20,22)23/h5-13H2,1-4H3,(H,16,17). The number of hydrogen-bond donors (Lipinski definition) is 1. The third kappa shape index (κ3) is 5.94. The maximum atomic E-state index is 12.2. The van der Waals surface area contributed by atoms with E-state index in [4.69, 9.17) is 0 Å². The Morgan fingerprint density at radius 3 is 2.42 bits per heavy atom. The Balaban J connectivity index is 2.62. The van der Waals surface area contributed by atoms with Crippen LogP contribution in [0, 0.1) is 0 Å². The van der Waals surface area contributed by atoms with E-state index in [0.717, 1.165) is 0 Å². The molecule has 1 fully saturated rings. The van der Waals surface area contributed by atoms with Crippen molar-refractivity contribution in [2.75, 3.05) is 58.6 Å². The molecule has 1 heterocycles. The van der Waals surface area contributed by atoms with Gasteiger partial charge in [-0.1, -0.05) is 0 Å². The summed E-state index contributed by atoms with van der Waals surface area (Å²) in [6.07, 6.45) is 0.685. The van der Waals surface area contributed by atoms with Crippen molar-refractivity contribution in [3.05, 3.63) is 0 Å². The van der Waals surface area contributed by atoms with Crippen LogP contribution >= 0.6 is 0 Å². The fraction of sp³-hybridized carbons (Fsp3) is 0.867. The maximum absolute atomic E-state index is 12.2. The minimum absolute atomic E-state index is 0.0511. The summed E-state index contributed by atoms with van der Waals surface area (Å²) in [5.74, 6) is 0.902. The van der Waals surface area contributed by atoms with Gasteiger partial charge in [0.2, 0.25) is 15.9 Å². The quantitative estimate of drug-likeness (QED) is 0.478. The molecule has 140 valence electrons. The van der Waals surface area contributed by atoms with E-state index in [9.17, 15) is 13.2 Å². The van der Waals surface area contributed by atoms with E-state index in [1.807, 2.05) is 27.8 Å². The summed E-state index contributed by atoms with van der Waals surface area (Å²) in [6.45, 7) is 9.51. The van der Waals surface area contributed by atoms with E-state index in [0.29, 0.717) is 51.6 Å². The van der Waals surface area contributed by atoms with Gasteiger partial charge in [0.1, 0.15) is 0 Å². The number of nitrogens with one attached hydrogen (secondary N) is 1. The molecule has 8 nitrogen and oxygen atoms in total. The number of nitrogens with zero attached hydrogens (tertiary/aromatic N) is 4. The molecule has 1 aliphatic heterocycles. The van der Waals surface area contributed by atoms with Gasteiger partial charge in [-0.15, -0.1) is 0 Å². The minimum Gasteiger partial charge on any atom is -0.357 e. The first-order valence-corrected chi connectivity index (χ1v) is 10.2. The number of guanidine groups is 1. The van der Waals surface area contributed by atoms with Crippen LogP contribution in [0.4, 0.5) is 0 Å². The molecule has 0 aromatic rings. The average Bonchev–Trinajstić information content (AvgIpc) is 2.86. The predicted octanol–water partition coefficient (Wildman–Crippen LogP) is -0.212. The number of aliphatic imine (C=N–C) groups is 1. The Hall–Kier alpha value is -1.35. The maximum Gasteiger partial charge on any atom is 0.242 e. The number of carbonyl (C=O) groups excluding carboxylic acids is 1. The average molecular weight is 362 g/mol. The second-order valence-electron chi connectivity index (χ2n) is 5.73. The van der Waals surface area contributed by atoms with Gasteiger partial charge in [0.15, 0.2) is 5.96 Å². The summed E-state index contributed by atoms with van der Waals surface area (Å²) in [5.41, 5.74) is 0. The van der Waals surface area contributed by atoms with Crippen molar-refractivity contribution in [3.63, 3.8) is 0 Å². The normalized spacial score (nSPS) is 17.8. The molecule has 9 heteroatoms. The van der Waals surface area contributed by atoms with Gasteiger partial charge in [0.25, 0.3) is 0 Å². The van der Waals surface area contributed by atoms with E-state index >= 15 is 0 Å². The van der Waals surface area contributed by atoms with E-state index in [-0.39, 0.29) is 18.2 Å². The highest BCUT2D eigenvalue weighted by Crippen LogP contribution is 2.12. The number of likely N-dealkylation sites (N-methyl/N-ethyl adjacent to an activating group) is 2. The predicted molar refractivity (Wildman–Crippen MR) is 96.5 cm³/mol. The second-order valence-corrected chi connectivity index (χ2v) is 7.81. The lowest BCUT2D eigenvalue weighted by Gasteiger charge is -2.25. The molecular formula is C15H31N5O3S. The summed E-state index contributed by atoms with van der Waals surface area (Å²) >= 11 is 0. The van der Waals surface area contributed by atoms with E-state index < -0.39 is 10.0 Å². The van der Waals surface area contributed by atoms with Crippen LogP contribution < -0.4 is 5.32 Å². The molecule has 1 aliphatic rings. The van der Waals surface area contributed by atoms with Gasteiger partial charge in [-0.3, -0.25) is 9.79 Å². The lowest BCUT2D eigenvalue weighted by Crippen LogP contribution is -2.46. The minimum atomic E-state index is -3.09. The molecular weight excluding hydrogens is 330 g/mol. The first kappa shape index (κ1) is 20.7. The van der Waals surface area contributed by atoms with Crippen LogP contribution in [-0.4, -0.2) is 93.0 Å². The highest BCUT2D eigenvalue weighted by Gasteiger charge is 2.27. The van der Waals surface area contributed by atoms with Crippen molar-refractivity contribution in [1.29, 1.82) is 0 Å². The summed E-state index contributed by atoms with van der Waals surface area (Å²) < 4.78 is 25.1. The smallest absolute Gasteiger partial charge is 0.242 e. The fourth-order valence-electron chi connectivity index (χ4n) is 2.63. The molecule has 0 radical (unpaired) electrons. The zero-order valence-electron chi connectivity index (χ0n) is 15.3. The van der Waals surface area contributed by atoms with E-state index in [1.54, 1.807) is 9.80 Å². The summed E-state index contributed by atoms with van der Waals surface area (Å²) in [6, 6.07) is 0. The molecule has 0 aromatic heterocycles. The van der Waals surface area contributed by atoms with E-state index in [2.05, 4.69) is 10.3 Å². The number of carbonyl (C=O) groups is 1. The number of amides is 1. The van der Waals surface area contributed by atoms with Gasteiger partial charge in [-0.25, -0.2) is 12.7 Å². The topological polar surface area (TPSA) is 85.3 Å². The van der Waals surface area contributed by atoms with Crippen molar-refractivity contribution in [1.82, 2.24) is 19.4 Å². The zero-order chi connectivity index (χ0) is 18.2. The third-order valence-corrected chi connectivity index (χ3v) is 5.96. The number of hydrogen-bond acceptors (Lipinski definition) is 4. The van der Waals surface area contributed by atoms with Gasteiger partial charge < -0.3 is 15.1 Å². The first-order chi connectivity index (χ1) is 11.4. The third-order valence-electron chi connectivity index (χ3n) is 4.00. The molecule has 0 unspecified atom stereocenters. The van der Waals surface area contributed by atoms with Crippen molar-refractivity contribution >= 4 is 21.9 Å². The van der Waals surface area contributed by atoms with Crippen LogP contribution in [0.3, 0.4) is 0 Å². The summed E-state index contributed by atoms with van der Waals surface area (Å²) in [5, 5.41) is 3.15. The van der Waals surface area contributed by atoms with Gasteiger partial charge in [-0.2, -0.15) is 0 Å². The molecule has 0 aromatic carbocycles. The Labute approximate surface area is 145 Å². The van der Waals surface area contributed by atoms with Gasteiger partial charge in [-0.05, 0) is 27.2 Å². The second kappa shape index (κ2) is 9.83. The highest BCUT2D eigenvalue weighted by atomic mass is 32.2. The molecule has 0 bridgehead atoms. The zero-order valence-corrected chi connectivity index (χ0v) is 16.1. The molecule has 0 saturated carbocycles. The van der Waals surface area contributed by atoms with Crippen LogP contribution in [0.2, 0.25) is 0 Å². The first-order valence-electron chi connectivity index (χ1n) is 8.60. The van der Waals surface area contributed by atoms with Crippen LogP contribution in [0.25, 0.3) is 0 Å². The summed E-state index contributed by atoms with van der Waals surface area (Å²) in [7, 11) is -1.27. The molecule has 0 aliphatic carbocycles. The lowest BCUT2D eigenvalue weighted by molar-refractivity contribution is -0.131. The lowest BCUT2D eigenvalue weighted by atomic mass is 10.4. The fourth-order valence-corrected chi connectivity index (χ4v) is 4.15. The Morgan fingerprint density at radius 1 is 1.25 bits per heavy atom. The molecule has 1 amide bonds. The van der Waals surface area contributed by atoms with Crippen LogP contribution in [-0.2, 0) is 14.8 Å². The van der Waals surface area contributed by atoms with Gasteiger partial charge >= 0.3 is 0 Å². The number of rotatable bonds is 8. The van der Waals surface area contributed by atoms with Crippen LogP contribution in [0.15, 0.2) is 4.99 Å². The van der Waals surface area contributed by atoms with Crippen LogP contribution in [0.1, 0.15) is 27.2 Å². The molecule has 24 heavy (non-hydrogen) atoms. The largest absolute Gasteiger partial charge is 0.357 e. The van der Waals surface area contributed by atoms with Crippen molar-refractivity contribution in [2.45, 2.75) is 27.2 Å². The molecule has 0 spiro atoms. The summed E-state index contributed by atoms with van der Waals surface area (Å²) in [4.78, 5) is 20.2. The molecule has 1 rings (SSSR count). The monoisotopic (exact) mass is 361 g/mol. The molecule has 1 saturated heterocycles.